The van der Waals surface area contributed by atoms with Crippen molar-refractivity contribution < 1.29 is 23.9 Å². The van der Waals surface area contributed by atoms with Crippen LogP contribution in [-0.2, 0) is 9.59 Å². The molecule has 2 aliphatic carbocycles. The van der Waals surface area contributed by atoms with Crippen LogP contribution in [0.15, 0.2) is 60.7 Å². The zero-order valence-corrected chi connectivity index (χ0v) is 19.4. The van der Waals surface area contributed by atoms with Crippen LogP contribution in [0.4, 0.5) is 0 Å². The first kappa shape index (κ1) is 22.3. The number of nitrogens with zero attached hydrogens (tertiary/aromatic N) is 2. The Balaban J connectivity index is 1.53. The number of amides is 3. The third-order valence-corrected chi connectivity index (χ3v) is 7.33. The third-order valence-electron chi connectivity index (χ3n) is 7.08. The topological polar surface area (TPSA) is 84.0 Å². The molecular weight excluding hydrogens is 456 g/mol. The smallest absolute Gasteiger partial charge is 0.273 e. The molecular formula is C26H23ClN2O5. The summed E-state index contributed by atoms with van der Waals surface area (Å²) in [5.74, 6) is -2.31. The summed E-state index contributed by atoms with van der Waals surface area (Å²) in [5, 5.41) is 2.39. The molecule has 2 aromatic carbocycles. The van der Waals surface area contributed by atoms with Gasteiger partial charge in [0.2, 0.25) is 0 Å². The van der Waals surface area contributed by atoms with Crippen molar-refractivity contribution >= 4 is 35.1 Å². The van der Waals surface area contributed by atoms with Gasteiger partial charge in [-0.05, 0) is 73.7 Å². The summed E-state index contributed by atoms with van der Waals surface area (Å²) in [7, 11) is 1.52. The molecule has 0 N–H and O–H groups in total. The fraction of sp³-hybridized carbons (Fsp3) is 0.308. The van der Waals surface area contributed by atoms with Crippen LogP contribution >= 0.6 is 11.6 Å². The maximum absolute atomic E-state index is 13.7. The van der Waals surface area contributed by atoms with Gasteiger partial charge in [0.05, 0.1) is 18.9 Å². The lowest BCUT2D eigenvalue weighted by molar-refractivity contribution is -0.157. The summed E-state index contributed by atoms with van der Waals surface area (Å²) in [4.78, 5) is 54.1. The number of benzene rings is 2. The average Bonchev–Trinajstić information content (AvgIpc) is 3.54. The number of hydrogen-bond acceptors (Lipinski definition) is 5. The molecule has 5 rings (SSSR count). The van der Waals surface area contributed by atoms with Gasteiger partial charge in [0.15, 0.2) is 5.78 Å². The van der Waals surface area contributed by atoms with Crippen molar-refractivity contribution in [3.05, 3.63) is 76.8 Å². The SMILES string of the molecule is COc1ccc(C(=O)[C@H](C)N(C(=O)c2ccc(Cl)cc2)N2C(=O)[C@@H]3[C@H](C2=O)[C@H]2C=C[C@H]3C2)cc1. The zero-order valence-electron chi connectivity index (χ0n) is 18.7. The predicted octanol–water partition coefficient (Wildman–Crippen LogP) is 3.78. The minimum absolute atomic E-state index is 0.0171. The van der Waals surface area contributed by atoms with Crippen molar-refractivity contribution in [3.63, 3.8) is 0 Å². The highest BCUT2D eigenvalue weighted by molar-refractivity contribution is 6.30. The van der Waals surface area contributed by atoms with Crippen molar-refractivity contribution in [2.24, 2.45) is 23.7 Å². The average molecular weight is 479 g/mol. The first-order valence-electron chi connectivity index (χ1n) is 11.1. The van der Waals surface area contributed by atoms with E-state index in [4.69, 9.17) is 16.3 Å². The molecule has 0 aromatic heterocycles. The van der Waals surface area contributed by atoms with E-state index in [0.717, 1.165) is 16.4 Å². The number of imide groups is 1. The van der Waals surface area contributed by atoms with Crippen LogP contribution in [0.25, 0.3) is 0 Å². The van der Waals surface area contributed by atoms with E-state index in [1.165, 1.54) is 26.2 Å². The number of hydrazine groups is 1. The predicted molar refractivity (Wildman–Crippen MR) is 124 cm³/mol. The van der Waals surface area contributed by atoms with E-state index in [1.807, 2.05) is 12.2 Å². The lowest BCUT2D eigenvalue weighted by Gasteiger charge is -2.35. The Morgan fingerprint density at radius 1 is 0.941 bits per heavy atom. The van der Waals surface area contributed by atoms with Crippen LogP contribution in [0.1, 0.15) is 34.1 Å². The molecule has 3 amide bonds. The maximum atomic E-state index is 13.7. The van der Waals surface area contributed by atoms with Gasteiger partial charge in [0.25, 0.3) is 17.7 Å². The van der Waals surface area contributed by atoms with Crippen molar-refractivity contribution in [1.82, 2.24) is 10.0 Å². The van der Waals surface area contributed by atoms with Crippen molar-refractivity contribution in [1.29, 1.82) is 0 Å². The molecule has 2 aromatic rings. The quantitative estimate of drug-likeness (QED) is 0.358. The second kappa shape index (κ2) is 8.40. The van der Waals surface area contributed by atoms with E-state index in [9.17, 15) is 19.2 Å². The summed E-state index contributed by atoms with van der Waals surface area (Å²) in [6.45, 7) is 1.53. The van der Waals surface area contributed by atoms with Crippen LogP contribution < -0.4 is 4.74 Å². The Kier molecular flexibility index (Phi) is 5.52. The molecule has 34 heavy (non-hydrogen) atoms. The van der Waals surface area contributed by atoms with E-state index in [0.29, 0.717) is 16.3 Å². The van der Waals surface area contributed by atoms with Crippen LogP contribution in [0.5, 0.6) is 5.75 Å². The van der Waals surface area contributed by atoms with Gasteiger partial charge in [-0.25, -0.2) is 5.01 Å². The van der Waals surface area contributed by atoms with E-state index in [-0.39, 0.29) is 17.4 Å². The second-order valence-electron chi connectivity index (χ2n) is 8.91. The number of hydrogen-bond donors (Lipinski definition) is 0. The first-order valence-corrected chi connectivity index (χ1v) is 11.5. The van der Waals surface area contributed by atoms with Gasteiger partial charge in [0, 0.05) is 16.1 Å². The van der Waals surface area contributed by atoms with Crippen molar-refractivity contribution in [2.75, 3.05) is 7.11 Å². The number of ether oxygens (including phenoxy) is 1. The van der Waals surface area contributed by atoms with Crippen LogP contribution in [-0.4, -0.2) is 46.7 Å². The highest BCUT2D eigenvalue weighted by Gasteiger charge is 2.61. The zero-order chi connectivity index (χ0) is 24.1. The van der Waals surface area contributed by atoms with Gasteiger partial charge < -0.3 is 4.74 Å². The summed E-state index contributed by atoms with van der Waals surface area (Å²) in [5.41, 5.74) is 0.556. The number of halogens is 1. The lowest BCUT2D eigenvalue weighted by Crippen LogP contribution is -2.56. The fourth-order valence-corrected chi connectivity index (χ4v) is 5.50. The standard InChI is InChI=1S/C26H23ClN2O5/c1-14(23(30)15-7-11-20(34-2)12-8-15)28(24(31)16-5-9-19(27)10-6-16)29-25(32)21-17-3-4-18(13-17)22(21)26(29)33/h3-12,14,17-18,21-22H,13H2,1-2H3/t14-,17-,18-,21-,22+/m0/s1. The van der Waals surface area contributed by atoms with Gasteiger partial charge in [-0.15, -0.1) is 0 Å². The molecule has 8 heteroatoms. The molecule has 1 saturated carbocycles. The largest absolute Gasteiger partial charge is 0.497 e. The monoisotopic (exact) mass is 478 g/mol. The molecule has 2 bridgehead atoms. The molecule has 0 spiro atoms. The highest BCUT2D eigenvalue weighted by Crippen LogP contribution is 2.53. The Morgan fingerprint density at radius 3 is 2.00 bits per heavy atom. The van der Waals surface area contributed by atoms with Crippen LogP contribution in [0.3, 0.4) is 0 Å². The fourth-order valence-electron chi connectivity index (χ4n) is 5.37. The Hall–Kier alpha value is -3.45. The highest BCUT2D eigenvalue weighted by atomic mass is 35.5. The van der Waals surface area contributed by atoms with Crippen molar-refractivity contribution in [3.8, 4) is 5.75 Å². The van der Waals surface area contributed by atoms with Gasteiger partial charge in [-0.1, -0.05) is 23.8 Å². The summed E-state index contributed by atoms with van der Waals surface area (Å²) < 4.78 is 5.15. The molecule has 2 fully saturated rings. The summed E-state index contributed by atoms with van der Waals surface area (Å²) in [6, 6.07) is 11.5. The number of Topliss-reactive ketones (excluding diaryl/α,β-unsaturated/α-hetero) is 1. The molecule has 174 valence electrons. The number of carbonyl (C=O) groups excluding carboxylic acids is 4. The van der Waals surface area contributed by atoms with E-state index in [1.54, 1.807) is 36.4 Å². The van der Waals surface area contributed by atoms with Gasteiger partial charge in [0.1, 0.15) is 11.8 Å². The molecule has 0 unspecified atom stereocenters. The minimum Gasteiger partial charge on any atom is -0.497 e. The molecule has 1 heterocycles. The number of allylic oxidation sites excluding steroid dienone is 2. The Bertz CT molecular complexity index is 1180. The van der Waals surface area contributed by atoms with Gasteiger partial charge in [-0.3, -0.25) is 19.2 Å². The van der Waals surface area contributed by atoms with Gasteiger partial charge in [-0.2, -0.15) is 5.01 Å². The number of methoxy groups -OCH3 is 1. The number of rotatable bonds is 6. The Morgan fingerprint density at radius 2 is 1.47 bits per heavy atom. The summed E-state index contributed by atoms with van der Waals surface area (Å²) >= 11 is 5.98. The normalized spacial score (nSPS) is 25.4. The maximum Gasteiger partial charge on any atom is 0.273 e. The molecule has 7 nitrogen and oxygen atoms in total. The summed E-state index contributed by atoms with van der Waals surface area (Å²) in [6.07, 6.45) is 4.74. The number of ketones is 1. The van der Waals surface area contributed by atoms with E-state index >= 15 is 0 Å². The molecule has 3 aliphatic rings. The minimum atomic E-state index is -1.10. The van der Waals surface area contributed by atoms with Crippen LogP contribution in [0.2, 0.25) is 5.02 Å². The molecule has 1 saturated heterocycles. The van der Waals surface area contributed by atoms with Gasteiger partial charge >= 0.3 is 0 Å². The second-order valence-corrected chi connectivity index (χ2v) is 9.35. The van der Waals surface area contributed by atoms with E-state index < -0.39 is 41.4 Å². The lowest BCUT2D eigenvalue weighted by atomic mass is 9.85. The Labute approximate surface area is 201 Å². The number of fused-ring (bicyclic) bond motifs is 5. The van der Waals surface area contributed by atoms with Crippen molar-refractivity contribution in [2.45, 2.75) is 19.4 Å². The van der Waals surface area contributed by atoms with E-state index in [2.05, 4.69) is 0 Å². The third kappa shape index (κ3) is 3.42. The number of carbonyl (C=O) groups is 4. The van der Waals surface area contributed by atoms with Crippen LogP contribution in [0, 0.1) is 23.7 Å². The molecule has 1 aliphatic heterocycles. The first-order chi connectivity index (χ1) is 16.3. The molecule has 5 atom stereocenters. The molecule has 0 radical (unpaired) electrons.